The minimum atomic E-state index is -5.12. The zero-order valence-corrected chi connectivity index (χ0v) is 20.0. The molecule has 0 saturated heterocycles. The molecule has 0 amide bonds. The van der Waals surface area contributed by atoms with Gasteiger partial charge in [0.05, 0.1) is 11.1 Å². The van der Waals surface area contributed by atoms with Gasteiger partial charge in [0, 0.05) is 0 Å². The molecule has 0 unspecified atom stereocenters. The summed E-state index contributed by atoms with van der Waals surface area (Å²) in [7, 11) is 0. The van der Waals surface area contributed by atoms with Crippen LogP contribution in [0.25, 0.3) is 11.1 Å². The molecule has 3 rings (SSSR count). The van der Waals surface area contributed by atoms with Crippen LogP contribution in [0, 0.1) is 5.92 Å². The number of rotatable bonds is 8. The fraction of sp³-hybridized carbons (Fsp3) is 0.571. The van der Waals surface area contributed by atoms with Crippen LogP contribution in [0.5, 0.6) is 0 Å². The Balaban J connectivity index is 2.01. The predicted molar refractivity (Wildman–Crippen MR) is 125 cm³/mol. The van der Waals surface area contributed by atoms with E-state index in [1.165, 1.54) is 24.3 Å². The first kappa shape index (κ1) is 26.6. The summed E-state index contributed by atoms with van der Waals surface area (Å²) in [4.78, 5) is 0. The fourth-order valence-corrected chi connectivity index (χ4v) is 5.38. The van der Waals surface area contributed by atoms with E-state index >= 15 is 0 Å². The summed E-state index contributed by atoms with van der Waals surface area (Å²) in [5, 5.41) is 0. The van der Waals surface area contributed by atoms with E-state index in [0.29, 0.717) is 18.8 Å². The lowest BCUT2D eigenvalue weighted by atomic mass is 9.74. The third-order valence-electron chi connectivity index (χ3n) is 7.11. The summed E-state index contributed by atoms with van der Waals surface area (Å²) >= 11 is 0. The Labute approximate surface area is 198 Å². The lowest BCUT2D eigenvalue weighted by molar-refractivity contribution is -0.162. The number of benzene rings is 2. The quantitative estimate of drug-likeness (QED) is 0.258. The standard InChI is InChI=1S/C28H34F6/c1-3-5-6-8-20-11-15-22(16-12-20)24-18-17-23(21-13-9-19(7-4-2)10-14-21)25(27(29,30)31)26(24)28(32,33)34/h9-10,13-14,17-18,20,22H,3-8,11-12,15-16H2,1-2H3. The van der Waals surface area contributed by atoms with Crippen LogP contribution in [-0.4, -0.2) is 0 Å². The van der Waals surface area contributed by atoms with Crippen molar-refractivity contribution in [1.82, 2.24) is 0 Å². The molecule has 0 radical (unpaired) electrons. The van der Waals surface area contributed by atoms with Gasteiger partial charge in [0.25, 0.3) is 0 Å². The molecule has 188 valence electrons. The van der Waals surface area contributed by atoms with Crippen molar-refractivity contribution in [3.63, 3.8) is 0 Å². The van der Waals surface area contributed by atoms with E-state index in [9.17, 15) is 26.3 Å². The number of alkyl halides is 6. The van der Waals surface area contributed by atoms with E-state index in [2.05, 4.69) is 6.92 Å². The molecule has 2 aromatic carbocycles. The summed E-state index contributed by atoms with van der Waals surface area (Å²) in [5.41, 5.74) is -2.54. The first-order valence-electron chi connectivity index (χ1n) is 12.5. The Morgan fingerprint density at radius 2 is 1.32 bits per heavy atom. The van der Waals surface area contributed by atoms with Crippen molar-refractivity contribution in [2.75, 3.05) is 0 Å². The number of unbranched alkanes of at least 4 members (excludes halogenated alkanes) is 2. The molecule has 0 atom stereocenters. The average Bonchev–Trinajstić information content (AvgIpc) is 2.78. The molecule has 34 heavy (non-hydrogen) atoms. The van der Waals surface area contributed by atoms with Crippen LogP contribution in [0.4, 0.5) is 26.3 Å². The fourth-order valence-electron chi connectivity index (χ4n) is 5.38. The summed E-state index contributed by atoms with van der Waals surface area (Å²) in [6, 6.07) is 8.93. The molecule has 6 heteroatoms. The van der Waals surface area contributed by atoms with Crippen LogP contribution in [0.3, 0.4) is 0 Å². The molecule has 0 spiro atoms. The van der Waals surface area contributed by atoms with Crippen molar-refractivity contribution in [3.8, 4) is 11.1 Å². The average molecular weight is 485 g/mol. The zero-order chi connectivity index (χ0) is 24.9. The normalized spacial score (nSPS) is 19.4. The second kappa shape index (κ2) is 11.2. The molecule has 1 aliphatic rings. The molecule has 1 saturated carbocycles. The molecule has 1 fully saturated rings. The van der Waals surface area contributed by atoms with Gasteiger partial charge < -0.3 is 0 Å². The van der Waals surface area contributed by atoms with Crippen LogP contribution in [0.15, 0.2) is 36.4 Å². The Hall–Kier alpha value is -1.98. The highest BCUT2D eigenvalue weighted by Crippen LogP contribution is 2.50. The molecular formula is C28H34F6. The van der Waals surface area contributed by atoms with E-state index < -0.39 is 35.0 Å². The van der Waals surface area contributed by atoms with Crippen molar-refractivity contribution in [1.29, 1.82) is 0 Å². The minimum Gasteiger partial charge on any atom is -0.166 e. The van der Waals surface area contributed by atoms with E-state index in [0.717, 1.165) is 56.9 Å². The van der Waals surface area contributed by atoms with Crippen LogP contribution in [-0.2, 0) is 18.8 Å². The maximum absolute atomic E-state index is 14.2. The van der Waals surface area contributed by atoms with E-state index in [1.807, 2.05) is 6.92 Å². The highest BCUT2D eigenvalue weighted by Gasteiger charge is 2.47. The van der Waals surface area contributed by atoms with Gasteiger partial charge in [-0.15, -0.1) is 0 Å². The van der Waals surface area contributed by atoms with Crippen molar-refractivity contribution >= 4 is 0 Å². The Bertz CT molecular complexity index is 916. The van der Waals surface area contributed by atoms with E-state index in [-0.39, 0.29) is 11.1 Å². The van der Waals surface area contributed by atoms with Gasteiger partial charge in [-0.1, -0.05) is 82.3 Å². The lowest BCUT2D eigenvalue weighted by Gasteiger charge is -2.32. The van der Waals surface area contributed by atoms with Gasteiger partial charge in [-0.3, -0.25) is 0 Å². The topological polar surface area (TPSA) is 0 Å². The third-order valence-corrected chi connectivity index (χ3v) is 7.11. The molecule has 2 aromatic rings. The molecule has 0 heterocycles. The number of hydrogen-bond donors (Lipinski definition) is 0. The van der Waals surface area contributed by atoms with E-state index in [4.69, 9.17) is 0 Å². The maximum atomic E-state index is 14.2. The second-order valence-corrected chi connectivity index (χ2v) is 9.61. The van der Waals surface area contributed by atoms with Crippen molar-refractivity contribution in [2.45, 2.75) is 96.3 Å². The second-order valence-electron chi connectivity index (χ2n) is 9.61. The van der Waals surface area contributed by atoms with Gasteiger partial charge in [-0.25, -0.2) is 0 Å². The predicted octanol–water partition coefficient (Wildman–Crippen LogP) is 10.2. The first-order valence-corrected chi connectivity index (χ1v) is 12.5. The minimum absolute atomic E-state index is 0.156. The van der Waals surface area contributed by atoms with Crippen LogP contribution in [0.1, 0.15) is 99.8 Å². The number of aryl methyl sites for hydroxylation is 1. The summed E-state index contributed by atoms with van der Waals surface area (Å²) < 4.78 is 85.3. The van der Waals surface area contributed by atoms with Gasteiger partial charge in [0.1, 0.15) is 0 Å². The summed E-state index contributed by atoms with van der Waals surface area (Å²) in [5.74, 6) is -0.0405. The largest absolute Gasteiger partial charge is 0.417 e. The van der Waals surface area contributed by atoms with Crippen molar-refractivity contribution in [3.05, 3.63) is 58.7 Å². The van der Waals surface area contributed by atoms with Crippen molar-refractivity contribution < 1.29 is 26.3 Å². The van der Waals surface area contributed by atoms with Crippen molar-refractivity contribution in [2.24, 2.45) is 5.92 Å². The highest BCUT2D eigenvalue weighted by molar-refractivity contribution is 5.71. The Kier molecular flexibility index (Phi) is 8.75. The van der Waals surface area contributed by atoms with Gasteiger partial charge in [0.2, 0.25) is 0 Å². The highest BCUT2D eigenvalue weighted by atomic mass is 19.4. The molecule has 0 N–H and O–H groups in total. The molecule has 0 nitrogen and oxygen atoms in total. The van der Waals surface area contributed by atoms with Gasteiger partial charge in [-0.2, -0.15) is 26.3 Å². The Morgan fingerprint density at radius 3 is 1.85 bits per heavy atom. The molecule has 0 aromatic heterocycles. The van der Waals surface area contributed by atoms with E-state index in [1.54, 1.807) is 12.1 Å². The lowest BCUT2D eigenvalue weighted by Crippen LogP contribution is -2.23. The molecule has 0 bridgehead atoms. The molecule has 1 aliphatic carbocycles. The number of halogens is 6. The van der Waals surface area contributed by atoms with Gasteiger partial charge in [0.15, 0.2) is 0 Å². The van der Waals surface area contributed by atoms with Crippen LogP contribution >= 0.6 is 0 Å². The zero-order valence-electron chi connectivity index (χ0n) is 20.0. The van der Waals surface area contributed by atoms with Crippen LogP contribution in [0.2, 0.25) is 0 Å². The third kappa shape index (κ3) is 6.37. The smallest absolute Gasteiger partial charge is 0.166 e. The van der Waals surface area contributed by atoms with Gasteiger partial charge >= 0.3 is 12.4 Å². The monoisotopic (exact) mass is 484 g/mol. The molecule has 0 aliphatic heterocycles. The maximum Gasteiger partial charge on any atom is 0.417 e. The Morgan fingerprint density at radius 1 is 0.706 bits per heavy atom. The SMILES string of the molecule is CCCCCC1CCC(c2ccc(-c3ccc(CCC)cc3)c(C(F)(F)F)c2C(F)(F)F)CC1. The molecular weight excluding hydrogens is 450 g/mol. The summed E-state index contributed by atoms with van der Waals surface area (Å²) in [6.07, 6.45) is -1.62. The first-order chi connectivity index (χ1) is 16.1. The summed E-state index contributed by atoms with van der Waals surface area (Å²) in [6.45, 7) is 4.11. The van der Waals surface area contributed by atoms with Gasteiger partial charge in [-0.05, 0) is 66.2 Å². The number of hydrogen-bond acceptors (Lipinski definition) is 0. The van der Waals surface area contributed by atoms with Crippen LogP contribution < -0.4 is 0 Å².